The average Bonchev–Trinajstić information content (AvgIpc) is 2.47. The number of nitrogens with zero attached hydrogens (tertiary/aromatic N) is 1. The highest BCUT2D eigenvalue weighted by molar-refractivity contribution is 8.03. The van der Waals surface area contributed by atoms with Gasteiger partial charge in [-0.3, -0.25) is 0 Å². The molecule has 0 aromatic carbocycles. The lowest BCUT2D eigenvalue weighted by Crippen LogP contribution is -2.81. The van der Waals surface area contributed by atoms with E-state index < -0.39 is 7.25 Å². The zero-order valence-electron chi connectivity index (χ0n) is 8.18. The first kappa shape index (κ1) is 13.4. The highest BCUT2D eigenvalue weighted by atomic mass is 35.5. The number of halogens is 5. The number of nitrogens with one attached hydrogen (secondary N) is 1. The van der Waals surface area contributed by atoms with E-state index in [9.17, 15) is 17.3 Å². The minimum atomic E-state index is -6.00. The van der Waals surface area contributed by atoms with Crippen molar-refractivity contribution in [2.24, 2.45) is 0 Å². The van der Waals surface area contributed by atoms with Crippen LogP contribution in [0.5, 0.6) is 0 Å². The van der Waals surface area contributed by atoms with Gasteiger partial charge in [0.2, 0.25) is 0 Å². The van der Waals surface area contributed by atoms with E-state index in [0.717, 1.165) is 16.5 Å². The molecule has 0 aliphatic carbocycles. The zero-order chi connectivity index (χ0) is 12.3. The molecule has 2 heterocycles. The molecular weight excluding hydrogens is 266 g/mol. The van der Waals surface area contributed by atoms with Crippen molar-refractivity contribution in [2.75, 3.05) is 12.8 Å². The highest BCUT2D eigenvalue weighted by Crippen LogP contribution is 2.32. The Morgan fingerprint density at radius 3 is 2.56 bits per heavy atom. The van der Waals surface area contributed by atoms with Gasteiger partial charge in [-0.05, 0) is 11.6 Å². The predicted molar refractivity (Wildman–Crippen MR) is 58.4 cm³/mol. The normalized spacial score (nSPS) is 19.1. The summed E-state index contributed by atoms with van der Waals surface area (Å²) in [6.07, 6.45) is 4.19. The first-order valence-electron chi connectivity index (χ1n) is 4.22. The van der Waals surface area contributed by atoms with E-state index in [-0.39, 0.29) is 0 Å². The van der Waals surface area contributed by atoms with Crippen molar-refractivity contribution in [1.82, 2.24) is 5.01 Å². The number of fused-ring (bicyclic) bond motifs is 1. The summed E-state index contributed by atoms with van der Waals surface area (Å²) in [5.41, 5.74) is 1.15. The summed E-state index contributed by atoms with van der Waals surface area (Å²) in [5, 5.41) is 5.61. The van der Waals surface area contributed by atoms with Crippen LogP contribution >= 0.6 is 23.4 Å². The molecule has 1 N–H and O–H groups in total. The maximum absolute atomic E-state index is 9.75. The molecule has 0 saturated carbocycles. The van der Waals surface area contributed by atoms with Gasteiger partial charge >= 0.3 is 12.4 Å². The molecule has 0 bridgehead atoms. The van der Waals surface area contributed by atoms with Crippen LogP contribution in [0.2, 0.25) is 0 Å². The summed E-state index contributed by atoms with van der Waals surface area (Å²) in [6, 6.07) is 0. The first-order chi connectivity index (χ1) is 7.27. The molecule has 2 nitrogen and oxygen atoms in total. The molecule has 0 aromatic rings. The van der Waals surface area contributed by atoms with Gasteiger partial charge in [-0.2, -0.15) is 5.01 Å². The summed E-state index contributed by atoms with van der Waals surface area (Å²) < 4.78 is 39.0. The highest BCUT2D eigenvalue weighted by Gasteiger charge is 2.25. The van der Waals surface area contributed by atoms with Gasteiger partial charge in [0, 0.05) is 10.7 Å². The van der Waals surface area contributed by atoms with E-state index in [2.05, 4.69) is 17.4 Å². The zero-order valence-corrected chi connectivity index (χ0v) is 9.76. The molecule has 9 heteroatoms. The van der Waals surface area contributed by atoms with Gasteiger partial charge in [-0.15, -0.1) is 16.9 Å². The predicted octanol–water partition coefficient (Wildman–Crippen LogP) is 1.38. The molecule has 2 aliphatic heterocycles. The van der Waals surface area contributed by atoms with Crippen LogP contribution in [0.1, 0.15) is 0 Å². The molecule has 0 aromatic heterocycles. The fourth-order valence-corrected chi connectivity index (χ4v) is 2.49. The number of allylic oxidation sites excluding steroid dienone is 1. The lowest BCUT2D eigenvalue weighted by molar-refractivity contribution is -0.620. The van der Waals surface area contributed by atoms with Crippen molar-refractivity contribution in [1.29, 1.82) is 0 Å². The summed E-state index contributed by atoms with van der Waals surface area (Å²) >= 11 is 7.77. The van der Waals surface area contributed by atoms with E-state index in [1.54, 1.807) is 0 Å². The summed E-state index contributed by atoms with van der Waals surface area (Å²) in [5.74, 6) is 1.03. The second kappa shape index (κ2) is 5.14. The molecule has 0 fully saturated rings. The Balaban J connectivity index is 0.000000221. The maximum Gasteiger partial charge on any atom is 0.673 e. The minimum Gasteiger partial charge on any atom is -0.418 e. The van der Waals surface area contributed by atoms with E-state index in [1.807, 2.05) is 23.8 Å². The smallest absolute Gasteiger partial charge is 0.418 e. The Labute approximate surface area is 99.1 Å². The summed E-state index contributed by atoms with van der Waals surface area (Å²) in [4.78, 5) is 1.26. The minimum absolute atomic E-state index is 0.731. The maximum atomic E-state index is 9.75. The van der Waals surface area contributed by atoms with Crippen molar-refractivity contribution >= 4 is 35.8 Å². The monoisotopic (exact) mass is 274 g/mol. The van der Waals surface area contributed by atoms with Gasteiger partial charge in [0.15, 0.2) is 0 Å². The molecule has 0 saturated heterocycles. The first-order valence-corrected chi connectivity index (χ1v) is 5.58. The van der Waals surface area contributed by atoms with E-state index in [1.165, 1.54) is 4.91 Å². The Morgan fingerprint density at radius 1 is 1.44 bits per heavy atom. The number of thioether (sulfide) groups is 1. The SMILES string of the molecule is CN1C=C2SCC=C2C(Cl)=[NH+]1.F[B-](F)(F)F. The second-order valence-corrected chi connectivity index (χ2v) is 4.39. The van der Waals surface area contributed by atoms with E-state index in [4.69, 9.17) is 11.6 Å². The van der Waals surface area contributed by atoms with Crippen LogP contribution in [-0.2, 0) is 0 Å². The number of hydrazone groups is 1. The number of hydrogen-bond donors (Lipinski definition) is 1. The van der Waals surface area contributed by atoms with E-state index >= 15 is 0 Å². The molecule has 0 unspecified atom stereocenters. The Hall–Kier alpha value is -0.625. The van der Waals surface area contributed by atoms with Crippen LogP contribution in [0.3, 0.4) is 0 Å². The van der Waals surface area contributed by atoms with Gasteiger partial charge < -0.3 is 17.3 Å². The topological polar surface area (TPSA) is 17.2 Å². The molecule has 0 radical (unpaired) electrons. The Bertz CT molecular complexity index is 360. The van der Waals surface area contributed by atoms with Crippen LogP contribution in [0.4, 0.5) is 17.3 Å². The van der Waals surface area contributed by atoms with Crippen LogP contribution in [0, 0.1) is 0 Å². The second-order valence-electron chi connectivity index (χ2n) is 2.95. The van der Waals surface area contributed by atoms with Gasteiger partial charge in [0.25, 0.3) is 0 Å². The Kier molecular flexibility index (Phi) is 4.31. The van der Waals surface area contributed by atoms with Crippen LogP contribution in [0.15, 0.2) is 22.8 Å². The van der Waals surface area contributed by atoms with Crippen molar-refractivity contribution < 1.29 is 22.4 Å². The largest absolute Gasteiger partial charge is 0.673 e. The molecule has 90 valence electrons. The van der Waals surface area contributed by atoms with Gasteiger partial charge in [0.05, 0.1) is 18.8 Å². The standard InChI is InChI=1S/C7H7ClN2S.BF4/c1-10-4-6-5(2-3-11-6)7(8)9-10;2-1(3,4)5/h2,4H,3H2,1H3;/q;-1/p+1. The quantitative estimate of drug-likeness (QED) is 0.531. The van der Waals surface area contributed by atoms with Crippen molar-refractivity contribution in [3.63, 3.8) is 0 Å². The molecule has 0 amide bonds. The van der Waals surface area contributed by atoms with Gasteiger partial charge in [0.1, 0.15) is 0 Å². The molecule has 2 rings (SSSR count). The lowest BCUT2D eigenvalue weighted by atomic mass is 10.2. The molecule has 2 aliphatic rings. The third-order valence-electron chi connectivity index (χ3n) is 1.61. The Morgan fingerprint density at radius 2 is 2.00 bits per heavy atom. The van der Waals surface area contributed by atoms with Gasteiger partial charge in [-0.1, -0.05) is 6.08 Å². The van der Waals surface area contributed by atoms with Crippen LogP contribution in [-0.4, -0.2) is 30.2 Å². The number of hydrogen-bond acceptors (Lipinski definition) is 2. The number of rotatable bonds is 0. The van der Waals surface area contributed by atoms with Gasteiger partial charge in [-0.25, -0.2) is 0 Å². The van der Waals surface area contributed by atoms with Crippen molar-refractivity contribution in [2.45, 2.75) is 0 Å². The van der Waals surface area contributed by atoms with Crippen molar-refractivity contribution in [3.8, 4) is 0 Å². The molecule has 0 atom stereocenters. The summed E-state index contributed by atoms with van der Waals surface area (Å²) in [6.45, 7) is 0. The fourth-order valence-electron chi connectivity index (χ4n) is 1.12. The van der Waals surface area contributed by atoms with Crippen LogP contribution < -0.4 is 5.10 Å². The molecule has 16 heavy (non-hydrogen) atoms. The fraction of sp³-hybridized carbons (Fsp3) is 0.286. The molecular formula is C7H8BClF4N2S. The average molecular weight is 274 g/mol. The third kappa shape index (κ3) is 4.48. The lowest BCUT2D eigenvalue weighted by Gasteiger charge is -2.09. The molecule has 0 spiro atoms. The van der Waals surface area contributed by atoms with E-state index in [0.29, 0.717) is 0 Å². The van der Waals surface area contributed by atoms with Crippen molar-refractivity contribution in [3.05, 3.63) is 22.8 Å². The number of hydrazine groups is 1. The summed E-state index contributed by atoms with van der Waals surface area (Å²) in [7, 11) is -4.06. The van der Waals surface area contributed by atoms with Crippen LogP contribution in [0.25, 0.3) is 0 Å². The third-order valence-corrected chi connectivity index (χ3v) is 2.87.